The van der Waals surface area contributed by atoms with Crippen molar-refractivity contribution in [2.24, 2.45) is 16.9 Å². The Bertz CT molecular complexity index is 699. The second kappa shape index (κ2) is 6.12. The Labute approximate surface area is 144 Å². The fourth-order valence-corrected chi connectivity index (χ4v) is 3.69. The van der Waals surface area contributed by atoms with Crippen molar-refractivity contribution in [2.75, 3.05) is 0 Å². The minimum atomic E-state index is -4.99. The smallest absolute Gasteiger partial charge is 0.362 e. The molecule has 1 aromatic carbocycles. The summed E-state index contributed by atoms with van der Waals surface area (Å²) >= 11 is 0. The quantitative estimate of drug-likeness (QED) is 0.876. The molecule has 3 rings (SSSR count). The van der Waals surface area contributed by atoms with Crippen LogP contribution in [0.5, 0.6) is 0 Å². The molecule has 0 bridgehead atoms. The molecular weight excluding hydrogens is 333 g/mol. The summed E-state index contributed by atoms with van der Waals surface area (Å²) in [6, 6.07) is 6.18. The molecule has 1 saturated carbocycles. The van der Waals surface area contributed by atoms with Gasteiger partial charge in [0.05, 0.1) is 5.92 Å². The number of fused-ring (bicyclic) bond motifs is 1. The molecule has 1 N–H and O–H groups in total. The van der Waals surface area contributed by atoms with Crippen LogP contribution < -0.4 is 0 Å². The first kappa shape index (κ1) is 17.9. The van der Waals surface area contributed by atoms with Crippen molar-refractivity contribution in [3.05, 3.63) is 35.4 Å². The van der Waals surface area contributed by atoms with Gasteiger partial charge >= 0.3 is 6.18 Å². The van der Waals surface area contributed by atoms with Crippen LogP contribution in [0.25, 0.3) is 0 Å². The molecule has 1 aliphatic carbocycles. The van der Waals surface area contributed by atoms with Crippen LogP contribution in [-0.2, 0) is 0 Å². The zero-order valence-electron chi connectivity index (χ0n) is 14.2. The molecular formula is C18H21F3N2O2. The summed E-state index contributed by atoms with van der Waals surface area (Å²) in [6.45, 7) is 3.74. The molecule has 0 spiro atoms. The average Bonchev–Trinajstić information content (AvgIpc) is 2.88. The molecule has 2 aliphatic rings. The number of hydrazone groups is 1. The van der Waals surface area contributed by atoms with Crippen molar-refractivity contribution in [3.63, 3.8) is 0 Å². The van der Waals surface area contributed by atoms with Gasteiger partial charge < -0.3 is 5.11 Å². The first-order valence-corrected chi connectivity index (χ1v) is 8.46. The molecule has 7 heteroatoms. The fraction of sp³-hybridized carbons (Fsp3) is 0.556. The maximum Gasteiger partial charge on any atom is 0.439 e. The van der Waals surface area contributed by atoms with E-state index in [0.29, 0.717) is 6.42 Å². The first-order valence-electron chi connectivity index (χ1n) is 8.46. The van der Waals surface area contributed by atoms with E-state index in [1.54, 1.807) is 12.1 Å². The Kier molecular flexibility index (Phi) is 4.39. The summed E-state index contributed by atoms with van der Waals surface area (Å²) in [5.74, 6) is -2.04. The van der Waals surface area contributed by atoms with Crippen LogP contribution in [0.3, 0.4) is 0 Å². The first-order chi connectivity index (χ1) is 11.7. The minimum Gasteiger partial charge on any atom is -0.362 e. The number of amides is 1. The molecule has 25 heavy (non-hydrogen) atoms. The molecule has 1 amide bonds. The lowest BCUT2D eigenvalue weighted by atomic mass is 9.74. The number of hydrogen-bond donors (Lipinski definition) is 1. The van der Waals surface area contributed by atoms with E-state index in [9.17, 15) is 23.1 Å². The SMILES string of the molecule is CC[C@@H]1CCC2=NN(C(=O)c3ccc(C)cc3)[C@@](O)(C(F)(F)F)[C@H]2C1. The Morgan fingerprint density at radius 3 is 2.56 bits per heavy atom. The van der Waals surface area contributed by atoms with Crippen molar-refractivity contribution in [3.8, 4) is 0 Å². The van der Waals surface area contributed by atoms with E-state index in [4.69, 9.17) is 0 Å². The minimum absolute atomic E-state index is 0.0725. The van der Waals surface area contributed by atoms with Gasteiger partial charge in [-0.1, -0.05) is 31.0 Å². The van der Waals surface area contributed by atoms with Crippen LogP contribution in [0.4, 0.5) is 13.2 Å². The molecule has 136 valence electrons. The lowest BCUT2D eigenvalue weighted by Gasteiger charge is -2.39. The zero-order valence-corrected chi connectivity index (χ0v) is 14.2. The standard InChI is InChI=1S/C18H21F3N2O2/c1-3-12-6-9-15-14(10-12)17(25,18(19,20)21)23(22-15)16(24)13-7-4-11(2)5-8-13/h4-5,7-8,12,14,25H,3,6,9-10H2,1-2H3/t12-,14+,17+/m1/s1. The molecule has 0 radical (unpaired) electrons. The van der Waals surface area contributed by atoms with Gasteiger partial charge in [-0.2, -0.15) is 23.3 Å². The van der Waals surface area contributed by atoms with Crippen LogP contribution in [0.1, 0.15) is 48.5 Å². The summed E-state index contributed by atoms with van der Waals surface area (Å²) in [5, 5.41) is 14.8. The topological polar surface area (TPSA) is 52.9 Å². The predicted octanol–water partition coefficient (Wildman–Crippen LogP) is 3.88. The number of hydrogen-bond acceptors (Lipinski definition) is 3. The van der Waals surface area contributed by atoms with E-state index in [2.05, 4.69) is 5.10 Å². The largest absolute Gasteiger partial charge is 0.439 e. The van der Waals surface area contributed by atoms with Crippen molar-refractivity contribution in [2.45, 2.75) is 51.4 Å². The number of aliphatic hydroxyl groups is 1. The van der Waals surface area contributed by atoms with Crippen LogP contribution in [0.2, 0.25) is 0 Å². The summed E-state index contributed by atoms with van der Waals surface area (Å²) in [6.07, 6.45) is -2.96. The van der Waals surface area contributed by atoms with E-state index in [-0.39, 0.29) is 28.6 Å². The zero-order chi connectivity index (χ0) is 18.4. The van der Waals surface area contributed by atoms with E-state index >= 15 is 0 Å². The van der Waals surface area contributed by atoms with Gasteiger partial charge in [0.15, 0.2) is 0 Å². The number of rotatable bonds is 2. The Balaban J connectivity index is 2.01. The average molecular weight is 354 g/mol. The van der Waals surface area contributed by atoms with Crippen molar-refractivity contribution in [1.29, 1.82) is 0 Å². The van der Waals surface area contributed by atoms with Crippen LogP contribution >= 0.6 is 0 Å². The third-order valence-electron chi connectivity index (χ3n) is 5.30. The van der Waals surface area contributed by atoms with Gasteiger partial charge in [0.2, 0.25) is 0 Å². The Morgan fingerprint density at radius 1 is 1.36 bits per heavy atom. The Morgan fingerprint density at radius 2 is 2.00 bits per heavy atom. The van der Waals surface area contributed by atoms with Crippen molar-refractivity contribution in [1.82, 2.24) is 5.01 Å². The van der Waals surface area contributed by atoms with Gasteiger partial charge in [-0.3, -0.25) is 4.79 Å². The number of halogens is 3. The van der Waals surface area contributed by atoms with Crippen molar-refractivity contribution < 1.29 is 23.1 Å². The monoisotopic (exact) mass is 354 g/mol. The molecule has 1 fully saturated rings. The molecule has 1 aliphatic heterocycles. The maximum atomic E-state index is 13.8. The van der Waals surface area contributed by atoms with Crippen LogP contribution in [0, 0.1) is 18.8 Å². The van der Waals surface area contributed by atoms with Crippen molar-refractivity contribution >= 4 is 11.6 Å². The molecule has 4 nitrogen and oxygen atoms in total. The van der Waals surface area contributed by atoms with E-state index in [1.165, 1.54) is 12.1 Å². The van der Waals surface area contributed by atoms with Gasteiger partial charge in [0.25, 0.3) is 11.6 Å². The summed E-state index contributed by atoms with van der Waals surface area (Å²) < 4.78 is 41.5. The van der Waals surface area contributed by atoms with E-state index in [0.717, 1.165) is 18.4 Å². The van der Waals surface area contributed by atoms with Crippen LogP contribution in [0.15, 0.2) is 29.4 Å². The molecule has 1 aromatic rings. The number of alkyl halides is 3. The lowest BCUT2D eigenvalue weighted by molar-refractivity contribution is -0.313. The normalized spacial score (nSPS) is 29.4. The second-order valence-corrected chi connectivity index (χ2v) is 6.90. The van der Waals surface area contributed by atoms with Gasteiger partial charge in [0, 0.05) is 11.3 Å². The third kappa shape index (κ3) is 2.84. The van der Waals surface area contributed by atoms with Crippen LogP contribution in [-0.4, -0.2) is 33.6 Å². The summed E-state index contributed by atoms with van der Waals surface area (Å²) in [5.41, 5.74) is -2.05. The maximum absolute atomic E-state index is 13.8. The second-order valence-electron chi connectivity index (χ2n) is 6.90. The summed E-state index contributed by atoms with van der Waals surface area (Å²) in [4.78, 5) is 12.7. The van der Waals surface area contributed by atoms with E-state index < -0.39 is 23.7 Å². The van der Waals surface area contributed by atoms with Gasteiger partial charge in [-0.25, -0.2) is 0 Å². The number of carbonyl (C=O) groups is 1. The predicted molar refractivity (Wildman–Crippen MR) is 86.9 cm³/mol. The van der Waals surface area contributed by atoms with Gasteiger partial charge in [-0.15, -0.1) is 0 Å². The highest BCUT2D eigenvalue weighted by Crippen LogP contribution is 2.49. The fourth-order valence-electron chi connectivity index (χ4n) is 3.69. The molecule has 1 heterocycles. The third-order valence-corrected chi connectivity index (χ3v) is 5.30. The van der Waals surface area contributed by atoms with Gasteiger partial charge in [-0.05, 0) is 44.2 Å². The highest BCUT2D eigenvalue weighted by Gasteiger charge is 2.68. The number of benzene rings is 1. The highest BCUT2D eigenvalue weighted by molar-refractivity contribution is 5.99. The molecule has 3 atom stereocenters. The highest BCUT2D eigenvalue weighted by atomic mass is 19.4. The molecule has 0 aromatic heterocycles. The number of aryl methyl sites for hydroxylation is 1. The van der Waals surface area contributed by atoms with E-state index in [1.807, 2.05) is 13.8 Å². The number of nitrogens with zero attached hydrogens (tertiary/aromatic N) is 2. The summed E-state index contributed by atoms with van der Waals surface area (Å²) in [7, 11) is 0. The van der Waals surface area contributed by atoms with Gasteiger partial charge in [0.1, 0.15) is 0 Å². The Hall–Kier alpha value is -1.89. The molecule has 0 unspecified atom stereocenters. The number of carbonyl (C=O) groups excluding carboxylic acids is 1. The lowest BCUT2D eigenvalue weighted by Crippen LogP contribution is -2.61. The molecule has 0 saturated heterocycles.